The summed E-state index contributed by atoms with van der Waals surface area (Å²) >= 11 is 0. The van der Waals surface area contributed by atoms with Crippen molar-refractivity contribution in [1.82, 2.24) is 19.9 Å². The third-order valence-electron chi connectivity index (χ3n) is 4.31. The van der Waals surface area contributed by atoms with E-state index >= 15 is 0 Å². The van der Waals surface area contributed by atoms with Gasteiger partial charge >= 0.3 is 0 Å². The summed E-state index contributed by atoms with van der Waals surface area (Å²) in [5.74, 6) is 0.453. The topological polar surface area (TPSA) is 83.7 Å². The Bertz CT molecular complexity index is 1280. The molecule has 0 amide bonds. The maximum absolute atomic E-state index is 10.8. The smallest absolute Gasteiger partial charge is 0.298 e. The number of carbonyl (C=O) groups is 1. The van der Waals surface area contributed by atoms with Crippen LogP contribution in [-0.2, 0) is 4.79 Å². The van der Waals surface area contributed by atoms with Gasteiger partial charge in [0.15, 0.2) is 5.75 Å². The predicted octanol–water partition coefficient (Wildman–Crippen LogP) is 4.19. The first-order chi connectivity index (χ1) is 13.2. The molecular weight excluding hydrogens is 340 g/mol. The monoisotopic (exact) mass is 354 g/mol. The Balaban J connectivity index is 1.85. The second-order valence-electron chi connectivity index (χ2n) is 6.25. The van der Waals surface area contributed by atoms with Crippen LogP contribution in [0.15, 0.2) is 42.5 Å². The van der Waals surface area contributed by atoms with E-state index in [4.69, 9.17) is 4.74 Å². The van der Waals surface area contributed by atoms with Gasteiger partial charge in [-0.3, -0.25) is 4.79 Å². The molecule has 8 bridgehead atoms. The van der Waals surface area contributed by atoms with Crippen molar-refractivity contribution in [3.63, 3.8) is 0 Å². The molecule has 0 atom stereocenters. The standard InChI is InChI=1S/C21H14N4O2/c26-12-27-21-11-19-9-17-4-3-15(23-17)7-13-1-2-14(22-13)8-16-5-6-18(24-16)10-20(21)25-19/h1-12,23,25H. The number of hydrogen-bond acceptors (Lipinski definition) is 4. The first kappa shape index (κ1) is 15.3. The Morgan fingerprint density at radius 2 is 1.33 bits per heavy atom. The van der Waals surface area contributed by atoms with Gasteiger partial charge in [0.1, 0.15) is 0 Å². The molecule has 0 aromatic carbocycles. The zero-order chi connectivity index (χ0) is 18.2. The molecule has 0 radical (unpaired) electrons. The van der Waals surface area contributed by atoms with Crippen molar-refractivity contribution in [1.29, 1.82) is 0 Å². The van der Waals surface area contributed by atoms with E-state index in [9.17, 15) is 4.79 Å². The highest BCUT2D eigenvalue weighted by Gasteiger charge is 2.05. The van der Waals surface area contributed by atoms with E-state index in [1.807, 2.05) is 60.7 Å². The van der Waals surface area contributed by atoms with Gasteiger partial charge in [-0.1, -0.05) is 0 Å². The van der Waals surface area contributed by atoms with Crippen molar-refractivity contribution < 1.29 is 9.53 Å². The van der Waals surface area contributed by atoms with E-state index < -0.39 is 0 Å². The molecule has 2 N–H and O–H groups in total. The SMILES string of the molecule is O=COc1cc2cc3ccc(cc4nc(cc5nc(cc1[nH]2)C=C5)C=C4)[nH]3. The van der Waals surface area contributed by atoms with Crippen LogP contribution >= 0.6 is 0 Å². The molecule has 0 spiro atoms. The van der Waals surface area contributed by atoms with Crippen molar-refractivity contribution in [2.45, 2.75) is 0 Å². The first-order valence-corrected chi connectivity index (χ1v) is 8.44. The average Bonchev–Trinajstić information content (AvgIpc) is 3.41. The van der Waals surface area contributed by atoms with Gasteiger partial charge in [0, 0.05) is 22.6 Å². The Labute approximate surface area is 153 Å². The number of ether oxygens (including phenoxy) is 1. The van der Waals surface area contributed by atoms with Crippen molar-refractivity contribution in [2.24, 2.45) is 0 Å². The lowest BCUT2D eigenvalue weighted by atomic mass is 10.3. The van der Waals surface area contributed by atoms with Crippen LogP contribution in [0.1, 0.15) is 22.8 Å². The highest BCUT2D eigenvalue weighted by atomic mass is 16.5. The van der Waals surface area contributed by atoms with Crippen LogP contribution in [-0.4, -0.2) is 26.4 Å². The Morgan fingerprint density at radius 3 is 2.04 bits per heavy atom. The highest BCUT2D eigenvalue weighted by Crippen LogP contribution is 2.23. The summed E-state index contributed by atoms with van der Waals surface area (Å²) in [5.41, 5.74) is 6.67. The summed E-state index contributed by atoms with van der Waals surface area (Å²) in [6.07, 6.45) is 7.77. The minimum Gasteiger partial charge on any atom is -0.426 e. The molecule has 0 saturated heterocycles. The number of carbonyl (C=O) groups excluding carboxylic acids is 1. The second kappa shape index (κ2) is 6.10. The fourth-order valence-electron chi connectivity index (χ4n) is 3.14. The molecule has 6 heteroatoms. The van der Waals surface area contributed by atoms with E-state index in [2.05, 4.69) is 19.9 Å². The van der Waals surface area contributed by atoms with E-state index in [0.29, 0.717) is 17.7 Å². The zero-order valence-corrected chi connectivity index (χ0v) is 14.1. The maximum atomic E-state index is 10.8. The zero-order valence-electron chi connectivity index (χ0n) is 14.1. The van der Waals surface area contributed by atoms with Crippen molar-refractivity contribution in [3.8, 4) is 5.75 Å². The summed E-state index contributed by atoms with van der Waals surface area (Å²) in [6.45, 7) is 0.421. The van der Waals surface area contributed by atoms with Gasteiger partial charge < -0.3 is 14.7 Å². The van der Waals surface area contributed by atoms with Gasteiger partial charge in [-0.2, -0.15) is 0 Å². The molecule has 2 aliphatic rings. The van der Waals surface area contributed by atoms with Crippen LogP contribution in [0.5, 0.6) is 5.75 Å². The summed E-state index contributed by atoms with van der Waals surface area (Å²) in [6, 6.07) is 13.5. The van der Waals surface area contributed by atoms with Gasteiger partial charge in [-0.25, -0.2) is 9.97 Å². The maximum Gasteiger partial charge on any atom is 0.298 e. The quantitative estimate of drug-likeness (QED) is 0.466. The lowest BCUT2D eigenvalue weighted by Gasteiger charge is -1.91. The summed E-state index contributed by atoms with van der Waals surface area (Å²) in [7, 11) is 0. The van der Waals surface area contributed by atoms with Crippen LogP contribution in [0.3, 0.4) is 0 Å². The van der Waals surface area contributed by atoms with Gasteiger partial charge in [-0.05, 0) is 60.7 Å². The number of nitrogens with one attached hydrogen (secondary N) is 2. The average molecular weight is 354 g/mol. The molecule has 5 rings (SSSR count). The first-order valence-electron chi connectivity index (χ1n) is 8.44. The van der Waals surface area contributed by atoms with Gasteiger partial charge in [-0.15, -0.1) is 0 Å². The predicted molar refractivity (Wildman–Crippen MR) is 106 cm³/mol. The molecule has 6 nitrogen and oxygen atoms in total. The van der Waals surface area contributed by atoms with E-state index in [1.54, 1.807) is 6.07 Å². The number of aromatic nitrogens is 4. The minimum absolute atomic E-state index is 0.421. The van der Waals surface area contributed by atoms with Gasteiger partial charge in [0.2, 0.25) is 0 Å². The molecule has 2 aliphatic heterocycles. The second-order valence-corrected chi connectivity index (χ2v) is 6.25. The van der Waals surface area contributed by atoms with Crippen LogP contribution in [0.2, 0.25) is 0 Å². The number of fused-ring (bicyclic) bond motifs is 8. The van der Waals surface area contributed by atoms with Gasteiger partial charge in [0.25, 0.3) is 6.47 Å². The number of nitrogens with zero attached hydrogens (tertiary/aromatic N) is 2. The third kappa shape index (κ3) is 3.04. The molecule has 0 saturated carbocycles. The summed E-state index contributed by atoms with van der Waals surface area (Å²) in [5, 5.41) is 0. The van der Waals surface area contributed by atoms with Crippen molar-refractivity contribution in [2.75, 3.05) is 0 Å². The number of H-pyrrole nitrogens is 2. The molecule has 5 heterocycles. The van der Waals surface area contributed by atoms with E-state index in [1.165, 1.54) is 0 Å². The third-order valence-corrected chi connectivity index (χ3v) is 4.31. The fourth-order valence-corrected chi connectivity index (χ4v) is 3.14. The molecule has 0 unspecified atom stereocenters. The number of rotatable bonds is 2. The Morgan fingerprint density at radius 1 is 0.704 bits per heavy atom. The summed E-state index contributed by atoms with van der Waals surface area (Å²) < 4.78 is 5.11. The Hall–Kier alpha value is -3.93. The molecule has 3 aromatic rings. The van der Waals surface area contributed by atoms with Crippen molar-refractivity contribution in [3.05, 3.63) is 65.2 Å². The Kier molecular flexibility index (Phi) is 3.47. The largest absolute Gasteiger partial charge is 0.426 e. The number of aromatic amines is 2. The normalized spacial score (nSPS) is 12.3. The summed E-state index contributed by atoms with van der Waals surface area (Å²) in [4.78, 5) is 26.6. The minimum atomic E-state index is 0.421. The van der Waals surface area contributed by atoms with Crippen LogP contribution in [0.25, 0.3) is 46.4 Å². The van der Waals surface area contributed by atoms with E-state index in [-0.39, 0.29) is 0 Å². The fraction of sp³-hybridized carbons (Fsp3) is 0. The molecule has 130 valence electrons. The molecule has 3 aromatic heterocycles. The van der Waals surface area contributed by atoms with E-state index in [0.717, 1.165) is 39.3 Å². The van der Waals surface area contributed by atoms with Gasteiger partial charge in [0.05, 0.1) is 28.3 Å². The number of hydrogen-bond donors (Lipinski definition) is 2. The van der Waals surface area contributed by atoms with Crippen LogP contribution < -0.4 is 4.74 Å². The molecule has 27 heavy (non-hydrogen) atoms. The molecular formula is C21H14N4O2. The van der Waals surface area contributed by atoms with Crippen molar-refractivity contribution >= 4 is 52.8 Å². The molecule has 0 fully saturated rings. The highest BCUT2D eigenvalue weighted by molar-refractivity contribution is 5.79. The molecule has 0 aliphatic carbocycles. The van der Waals surface area contributed by atoms with Crippen LogP contribution in [0.4, 0.5) is 0 Å². The lowest BCUT2D eigenvalue weighted by molar-refractivity contribution is -0.120. The lowest BCUT2D eigenvalue weighted by Crippen LogP contribution is -1.86. The van der Waals surface area contributed by atoms with Crippen LogP contribution in [0, 0.1) is 0 Å².